The van der Waals surface area contributed by atoms with Gasteiger partial charge in [0, 0.05) is 43.0 Å². The van der Waals surface area contributed by atoms with Crippen LogP contribution in [0.2, 0.25) is 0 Å². The average Bonchev–Trinajstić information content (AvgIpc) is 3.39. The number of piperidine rings is 1. The van der Waals surface area contributed by atoms with Gasteiger partial charge in [0.1, 0.15) is 18.2 Å². The Balaban J connectivity index is 1.62. The van der Waals surface area contributed by atoms with Crippen LogP contribution in [0.25, 0.3) is 5.52 Å². The molecule has 1 fully saturated rings. The summed E-state index contributed by atoms with van der Waals surface area (Å²) >= 11 is 0. The minimum atomic E-state index is -0.968. The van der Waals surface area contributed by atoms with Crippen LogP contribution in [0.3, 0.4) is 0 Å². The van der Waals surface area contributed by atoms with Gasteiger partial charge < -0.3 is 24.4 Å². The summed E-state index contributed by atoms with van der Waals surface area (Å²) in [5.74, 6) is -0.886. The average molecular weight is 607 g/mol. The normalized spacial score (nSPS) is 18.9. The van der Waals surface area contributed by atoms with Crippen molar-refractivity contribution in [1.29, 1.82) is 0 Å². The van der Waals surface area contributed by atoms with Crippen LogP contribution >= 0.6 is 0 Å². The number of ether oxygens (including phenoxy) is 3. The van der Waals surface area contributed by atoms with Crippen LogP contribution < -0.4 is 15.0 Å². The number of hydrogen-bond acceptors (Lipinski definition) is 7. The van der Waals surface area contributed by atoms with Crippen molar-refractivity contribution in [3.05, 3.63) is 70.8 Å². The number of fused-ring (bicyclic) bond motifs is 8. The molecular formula is C34H43FN4O5. The van der Waals surface area contributed by atoms with Gasteiger partial charge in [-0.05, 0) is 76.5 Å². The van der Waals surface area contributed by atoms with Crippen molar-refractivity contribution in [3.63, 3.8) is 0 Å². The number of anilines is 1. The molecule has 44 heavy (non-hydrogen) atoms. The molecule has 3 aromatic rings. The van der Waals surface area contributed by atoms with Gasteiger partial charge in [-0.3, -0.25) is 4.79 Å². The number of pyridine rings is 1. The van der Waals surface area contributed by atoms with Crippen LogP contribution in [-0.2, 0) is 20.8 Å². The van der Waals surface area contributed by atoms with E-state index in [0.717, 1.165) is 55.6 Å². The summed E-state index contributed by atoms with van der Waals surface area (Å²) in [5, 5.41) is 7.55. The van der Waals surface area contributed by atoms with Gasteiger partial charge >= 0.3 is 5.97 Å². The van der Waals surface area contributed by atoms with Crippen LogP contribution in [0, 0.1) is 18.2 Å². The molecule has 3 aliphatic rings. The number of aromatic nitrogens is 2. The van der Waals surface area contributed by atoms with E-state index in [2.05, 4.69) is 28.3 Å². The van der Waals surface area contributed by atoms with E-state index in [9.17, 15) is 14.0 Å². The maximum atomic E-state index is 14.1. The Morgan fingerprint density at radius 1 is 1.16 bits per heavy atom. The lowest BCUT2D eigenvalue weighted by Gasteiger charge is -2.42. The second-order valence-corrected chi connectivity index (χ2v) is 13.1. The summed E-state index contributed by atoms with van der Waals surface area (Å²) in [4.78, 5) is 29.0. The van der Waals surface area contributed by atoms with Crippen LogP contribution in [0.1, 0.15) is 86.7 Å². The first-order chi connectivity index (χ1) is 20.9. The number of halogens is 1. The summed E-state index contributed by atoms with van der Waals surface area (Å²) in [6.07, 6.45) is 8.77. The van der Waals surface area contributed by atoms with E-state index in [1.165, 1.54) is 19.2 Å². The molecule has 4 bridgehead atoms. The van der Waals surface area contributed by atoms with Gasteiger partial charge in [-0.1, -0.05) is 25.1 Å². The highest BCUT2D eigenvalue weighted by Crippen LogP contribution is 2.43. The molecule has 2 aromatic heterocycles. The number of carbonyl (C=O) groups is 2. The fraction of sp³-hybridized carbons (Fsp3) is 0.500. The largest absolute Gasteiger partial charge is 0.489 e. The zero-order valence-corrected chi connectivity index (χ0v) is 26.5. The molecule has 0 aliphatic carbocycles. The zero-order valence-electron chi connectivity index (χ0n) is 26.5. The van der Waals surface area contributed by atoms with E-state index in [1.807, 2.05) is 40.0 Å². The highest BCUT2D eigenvalue weighted by Gasteiger charge is 2.37. The molecule has 1 amide bonds. The van der Waals surface area contributed by atoms with Crippen molar-refractivity contribution in [2.24, 2.45) is 5.41 Å². The van der Waals surface area contributed by atoms with Crippen molar-refractivity contribution in [2.75, 3.05) is 31.7 Å². The second kappa shape index (κ2) is 12.6. The van der Waals surface area contributed by atoms with Crippen molar-refractivity contribution in [2.45, 2.75) is 78.6 Å². The Morgan fingerprint density at radius 3 is 2.61 bits per heavy atom. The van der Waals surface area contributed by atoms with Crippen LogP contribution in [0.4, 0.5) is 10.1 Å². The van der Waals surface area contributed by atoms with Crippen molar-refractivity contribution in [3.8, 4) is 5.75 Å². The van der Waals surface area contributed by atoms with Gasteiger partial charge in [0.05, 0.1) is 23.9 Å². The van der Waals surface area contributed by atoms with E-state index in [-0.39, 0.29) is 23.6 Å². The van der Waals surface area contributed by atoms with Gasteiger partial charge in [-0.2, -0.15) is 5.10 Å². The fourth-order valence-corrected chi connectivity index (χ4v) is 6.06. The molecule has 0 saturated carbocycles. The van der Waals surface area contributed by atoms with Crippen LogP contribution in [0.15, 0.2) is 42.6 Å². The van der Waals surface area contributed by atoms with E-state index in [0.29, 0.717) is 23.4 Å². The third-order valence-corrected chi connectivity index (χ3v) is 8.53. The number of allylic oxidation sites excluding steroid dienone is 1. The van der Waals surface area contributed by atoms with Crippen LogP contribution in [0.5, 0.6) is 5.75 Å². The Bertz CT molecular complexity index is 1570. The quantitative estimate of drug-likeness (QED) is 0.285. The van der Waals surface area contributed by atoms with E-state index in [1.54, 1.807) is 16.6 Å². The molecular weight excluding hydrogens is 563 g/mol. The Labute approximate surface area is 258 Å². The van der Waals surface area contributed by atoms with Gasteiger partial charge in [0.15, 0.2) is 11.8 Å². The molecule has 1 atom stereocenters. The third-order valence-electron chi connectivity index (χ3n) is 8.53. The highest BCUT2D eigenvalue weighted by molar-refractivity contribution is 5.95. The molecule has 0 unspecified atom stereocenters. The molecule has 9 nitrogen and oxygen atoms in total. The lowest BCUT2D eigenvalue weighted by molar-refractivity contribution is -0.164. The summed E-state index contributed by atoms with van der Waals surface area (Å²) < 4.78 is 33.2. The number of esters is 1. The summed E-state index contributed by atoms with van der Waals surface area (Å²) in [6, 6.07) is 6.06. The minimum absolute atomic E-state index is 0.134. The highest BCUT2D eigenvalue weighted by atomic mass is 19.1. The lowest BCUT2D eigenvalue weighted by Crippen LogP contribution is -2.40. The molecule has 1 aromatic carbocycles. The first kappa shape index (κ1) is 31.5. The van der Waals surface area contributed by atoms with Gasteiger partial charge in [0.2, 0.25) is 0 Å². The Hall–Kier alpha value is -3.92. The number of amides is 1. The van der Waals surface area contributed by atoms with Crippen molar-refractivity contribution < 1.29 is 28.2 Å². The fourth-order valence-electron chi connectivity index (χ4n) is 6.06. The smallest absolute Gasteiger partial charge is 0.339 e. The van der Waals surface area contributed by atoms with E-state index in [4.69, 9.17) is 14.2 Å². The summed E-state index contributed by atoms with van der Waals surface area (Å²) in [7, 11) is 1.37. The SMILES string of the molecule is COC(=O)[C@@H](OC(C)(C)C)c1c(C)cn2nc3cc2c1N1CCC(C)(CC/C=C/COc2cc(F)ccc2CNC3=O)CC1. The van der Waals surface area contributed by atoms with Crippen molar-refractivity contribution >= 4 is 23.1 Å². The molecule has 0 radical (unpaired) electrons. The number of aryl methyl sites for hydroxylation is 1. The number of carbonyl (C=O) groups excluding carboxylic acids is 2. The number of rotatable bonds is 3. The molecule has 6 rings (SSSR count). The molecule has 0 spiro atoms. The third kappa shape index (κ3) is 6.90. The maximum absolute atomic E-state index is 14.1. The second-order valence-electron chi connectivity index (χ2n) is 13.1. The first-order valence-electron chi connectivity index (χ1n) is 15.3. The topological polar surface area (TPSA) is 94.4 Å². The van der Waals surface area contributed by atoms with Crippen molar-refractivity contribution in [1.82, 2.24) is 14.9 Å². The monoisotopic (exact) mass is 606 g/mol. The number of nitrogens with zero attached hydrogens (tertiary/aromatic N) is 3. The van der Waals surface area contributed by atoms with E-state index >= 15 is 0 Å². The zero-order chi connectivity index (χ0) is 31.6. The Morgan fingerprint density at radius 2 is 1.91 bits per heavy atom. The predicted molar refractivity (Wildman–Crippen MR) is 167 cm³/mol. The summed E-state index contributed by atoms with van der Waals surface area (Å²) in [6.45, 7) is 12.0. The van der Waals surface area contributed by atoms with Gasteiger partial charge in [0.25, 0.3) is 5.91 Å². The molecule has 3 aliphatic heterocycles. The van der Waals surface area contributed by atoms with Gasteiger partial charge in [-0.15, -0.1) is 0 Å². The minimum Gasteiger partial charge on any atom is -0.489 e. The molecule has 5 heterocycles. The number of nitrogens with one attached hydrogen (secondary N) is 1. The Kier molecular flexibility index (Phi) is 9.02. The standard InChI is InChI=1S/C34H43FN4O5/c1-22-21-39-26-19-25(37-39)31(40)36-20-23-10-11-24(35)18-27(23)43-17-9-7-8-12-34(5)13-15-38(16-14-34)29(26)28(22)30(32(41)42-6)44-33(2,3)4/h7,9-11,18-19,21,30H,8,12-17,20H2,1-6H3,(H,36,40)/b9-7+/t30-/m0/s1. The molecule has 1 saturated heterocycles. The lowest BCUT2D eigenvalue weighted by atomic mass is 9.76. The number of hydrogen-bond donors (Lipinski definition) is 1. The van der Waals surface area contributed by atoms with Gasteiger partial charge in [-0.25, -0.2) is 13.7 Å². The maximum Gasteiger partial charge on any atom is 0.339 e. The predicted octanol–water partition coefficient (Wildman–Crippen LogP) is 6.08. The van der Waals surface area contributed by atoms with Crippen LogP contribution in [-0.4, -0.2) is 53.9 Å². The molecule has 1 N–H and O–H groups in total. The summed E-state index contributed by atoms with van der Waals surface area (Å²) in [5.41, 5.74) is 3.44. The first-order valence-corrected chi connectivity index (χ1v) is 15.3. The molecule has 236 valence electrons. The molecule has 10 heteroatoms. The number of methoxy groups -OCH3 is 1. The van der Waals surface area contributed by atoms with E-state index < -0.39 is 23.5 Å². The number of benzene rings is 1.